The minimum absolute atomic E-state index is 0.0505. The number of benzene rings is 1. The second-order valence-corrected chi connectivity index (χ2v) is 6.45. The van der Waals surface area contributed by atoms with Gasteiger partial charge in [-0.15, -0.1) is 0 Å². The van der Waals surface area contributed by atoms with Gasteiger partial charge in [-0.2, -0.15) is 0 Å². The molecular formula is C16H24ClN3O. The van der Waals surface area contributed by atoms with Gasteiger partial charge in [-0.3, -0.25) is 9.69 Å². The molecule has 0 radical (unpaired) electrons. The first-order valence-corrected chi connectivity index (χ1v) is 7.77. The van der Waals surface area contributed by atoms with Gasteiger partial charge in [0.1, 0.15) is 0 Å². The van der Waals surface area contributed by atoms with Gasteiger partial charge in [-0.25, -0.2) is 0 Å². The fourth-order valence-corrected chi connectivity index (χ4v) is 3.18. The normalized spacial score (nSPS) is 16.1. The van der Waals surface area contributed by atoms with E-state index in [1.165, 1.54) is 12.8 Å². The van der Waals surface area contributed by atoms with Gasteiger partial charge in [-0.1, -0.05) is 17.7 Å². The molecule has 1 saturated carbocycles. The smallest absolute Gasteiger partial charge is 0.238 e. The molecule has 1 aliphatic rings. The van der Waals surface area contributed by atoms with Crippen LogP contribution in [0.4, 0.5) is 5.69 Å². The fourth-order valence-electron chi connectivity index (χ4n) is 2.81. The number of carbonyl (C=O) groups excluding carboxylic acids is 1. The van der Waals surface area contributed by atoms with Crippen molar-refractivity contribution in [3.05, 3.63) is 28.3 Å². The van der Waals surface area contributed by atoms with Crippen molar-refractivity contribution in [2.75, 3.05) is 25.5 Å². The van der Waals surface area contributed by atoms with Gasteiger partial charge in [0.15, 0.2) is 0 Å². The van der Waals surface area contributed by atoms with E-state index >= 15 is 0 Å². The van der Waals surface area contributed by atoms with Crippen molar-refractivity contribution in [1.82, 2.24) is 4.90 Å². The molecule has 4 nitrogen and oxygen atoms in total. The van der Waals surface area contributed by atoms with Crippen LogP contribution in [0.25, 0.3) is 0 Å². The molecule has 0 heterocycles. The molecule has 21 heavy (non-hydrogen) atoms. The Labute approximate surface area is 131 Å². The third-order valence-corrected chi connectivity index (χ3v) is 4.36. The van der Waals surface area contributed by atoms with Crippen molar-refractivity contribution in [3.63, 3.8) is 0 Å². The highest BCUT2D eigenvalue weighted by atomic mass is 35.5. The first-order valence-electron chi connectivity index (χ1n) is 7.39. The minimum Gasteiger partial charge on any atom is -0.329 e. The lowest BCUT2D eigenvalue weighted by molar-refractivity contribution is -0.117. The van der Waals surface area contributed by atoms with Crippen molar-refractivity contribution >= 4 is 23.2 Å². The maximum absolute atomic E-state index is 12.2. The van der Waals surface area contributed by atoms with E-state index in [4.69, 9.17) is 17.3 Å². The third-order valence-electron chi connectivity index (χ3n) is 4.06. The average Bonchev–Trinajstić information content (AvgIpc) is 3.19. The highest BCUT2D eigenvalue weighted by Gasteiger charge is 2.33. The molecule has 1 fully saturated rings. The molecule has 1 unspecified atom stereocenters. The number of likely N-dealkylation sites (N-methyl/N-ethyl adjacent to an activating group) is 1. The Morgan fingerprint density at radius 3 is 2.67 bits per heavy atom. The van der Waals surface area contributed by atoms with E-state index in [-0.39, 0.29) is 5.91 Å². The SMILES string of the molecule is Cc1cc(C)c(NC(=O)CN(C)C(CN)C2CC2)c(Cl)c1. The summed E-state index contributed by atoms with van der Waals surface area (Å²) >= 11 is 6.22. The molecule has 0 saturated heterocycles. The van der Waals surface area contributed by atoms with Crippen molar-refractivity contribution in [3.8, 4) is 0 Å². The molecule has 1 amide bonds. The van der Waals surface area contributed by atoms with Crippen LogP contribution < -0.4 is 11.1 Å². The Morgan fingerprint density at radius 1 is 1.48 bits per heavy atom. The minimum atomic E-state index is -0.0505. The lowest BCUT2D eigenvalue weighted by Crippen LogP contribution is -2.43. The summed E-state index contributed by atoms with van der Waals surface area (Å²) in [6, 6.07) is 4.17. The number of anilines is 1. The van der Waals surface area contributed by atoms with Crippen LogP contribution in [0.1, 0.15) is 24.0 Å². The first kappa shape index (κ1) is 16.3. The molecule has 2 rings (SSSR count). The van der Waals surface area contributed by atoms with Gasteiger partial charge in [0.2, 0.25) is 5.91 Å². The van der Waals surface area contributed by atoms with E-state index < -0.39 is 0 Å². The van der Waals surface area contributed by atoms with Crippen molar-refractivity contribution < 1.29 is 4.79 Å². The number of rotatable bonds is 6. The zero-order valence-corrected chi connectivity index (χ0v) is 13.7. The van der Waals surface area contributed by atoms with E-state index in [1.54, 1.807) is 0 Å². The lowest BCUT2D eigenvalue weighted by atomic mass is 10.1. The van der Waals surface area contributed by atoms with Crippen LogP contribution in [0.15, 0.2) is 12.1 Å². The molecule has 1 aromatic carbocycles. The van der Waals surface area contributed by atoms with Crippen LogP contribution in [0.5, 0.6) is 0 Å². The highest BCUT2D eigenvalue weighted by Crippen LogP contribution is 2.34. The molecular weight excluding hydrogens is 286 g/mol. The second-order valence-electron chi connectivity index (χ2n) is 6.04. The number of nitrogens with zero attached hydrogens (tertiary/aromatic N) is 1. The predicted molar refractivity (Wildman–Crippen MR) is 87.8 cm³/mol. The Kier molecular flexibility index (Phi) is 5.25. The molecule has 116 valence electrons. The zero-order chi connectivity index (χ0) is 15.6. The topological polar surface area (TPSA) is 58.4 Å². The Morgan fingerprint density at radius 2 is 2.14 bits per heavy atom. The second kappa shape index (κ2) is 6.77. The molecule has 0 aliphatic heterocycles. The molecule has 1 aliphatic carbocycles. The summed E-state index contributed by atoms with van der Waals surface area (Å²) in [6.07, 6.45) is 2.44. The van der Waals surface area contributed by atoms with Crippen molar-refractivity contribution in [2.24, 2.45) is 11.7 Å². The molecule has 1 aromatic rings. The number of nitrogens with one attached hydrogen (secondary N) is 1. The molecule has 1 atom stereocenters. The first-order chi connectivity index (χ1) is 9.92. The monoisotopic (exact) mass is 309 g/mol. The number of carbonyl (C=O) groups is 1. The van der Waals surface area contributed by atoms with Crippen LogP contribution in [-0.4, -0.2) is 37.0 Å². The Bertz CT molecular complexity index is 505. The van der Waals surface area contributed by atoms with Gasteiger partial charge >= 0.3 is 0 Å². The highest BCUT2D eigenvalue weighted by molar-refractivity contribution is 6.34. The maximum Gasteiger partial charge on any atom is 0.238 e. The van der Waals surface area contributed by atoms with Crippen LogP contribution in [0, 0.1) is 19.8 Å². The van der Waals surface area contributed by atoms with E-state index in [9.17, 15) is 4.79 Å². The van der Waals surface area contributed by atoms with Crippen LogP contribution in [-0.2, 0) is 4.79 Å². The van der Waals surface area contributed by atoms with Gasteiger partial charge in [0, 0.05) is 12.6 Å². The van der Waals surface area contributed by atoms with Crippen molar-refractivity contribution in [2.45, 2.75) is 32.7 Å². The quantitative estimate of drug-likeness (QED) is 0.849. The summed E-state index contributed by atoms with van der Waals surface area (Å²) in [6.45, 7) is 4.87. The predicted octanol–water partition coefficient (Wildman–Crippen LogP) is 2.56. The number of hydrogen-bond donors (Lipinski definition) is 2. The summed E-state index contributed by atoms with van der Waals surface area (Å²) in [5.41, 5.74) is 8.59. The summed E-state index contributed by atoms with van der Waals surface area (Å²) in [7, 11) is 1.96. The molecule has 0 spiro atoms. The van der Waals surface area contributed by atoms with E-state index in [2.05, 4.69) is 5.32 Å². The fraction of sp³-hybridized carbons (Fsp3) is 0.562. The zero-order valence-electron chi connectivity index (χ0n) is 12.9. The summed E-state index contributed by atoms with van der Waals surface area (Å²) in [4.78, 5) is 14.3. The van der Waals surface area contributed by atoms with Gasteiger partial charge in [0.05, 0.1) is 17.3 Å². The van der Waals surface area contributed by atoms with E-state index in [1.807, 2.05) is 37.9 Å². The van der Waals surface area contributed by atoms with Crippen molar-refractivity contribution in [1.29, 1.82) is 0 Å². The maximum atomic E-state index is 12.2. The molecule has 0 aromatic heterocycles. The van der Waals surface area contributed by atoms with Crippen LogP contribution in [0.3, 0.4) is 0 Å². The average molecular weight is 310 g/mol. The number of halogens is 1. The summed E-state index contributed by atoms with van der Waals surface area (Å²) in [5, 5.41) is 3.51. The van der Waals surface area contributed by atoms with Gasteiger partial charge < -0.3 is 11.1 Å². The van der Waals surface area contributed by atoms with E-state index in [0.29, 0.717) is 35.8 Å². The molecule has 3 N–H and O–H groups in total. The lowest BCUT2D eigenvalue weighted by Gasteiger charge is -2.26. The molecule has 0 bridgehead atoms. The van der Waals surface area contributed by atoms with E-state index in [0.717, 1.165) is 11.1 Å². The van der Waals surface area contributed by atoms with Gasteiger partial charge in [0.25, 0.3) is 0 Å². The number of hydrogen-bond acceptors (Lipinski definition) is 3. The standard InChI is InChI=1S/C16H24ClN3O/c1-10-6-11(2)16(13(17)7-10)19-15(21)9-20(3)14(8-18)12-4-5-12/h6-7,12,14H,4-5,8-9,18H2,1-3H3,(H,19,21). The van der Waals surface area contributed by atoms with Gasteiger partial charge in [-0.05, 0) is 56.8 Å². The molecule has 5 heteroatoms. The number of aryl methyl sites for hydroxylation is 2. The Balaban J connectivity index is 1.98. The number of amides is 1. The van der Waals surface area contributed by atoms with Crippen LogP contribution in [0.2, 0.25) is 5.02 Å². The van der Waals surface area contributed by atoms with Crippen LogP contribution >= 0.6 is 11.6 Å². The largest absolute Gasteiger partial charge is 0.329 e. The summed E-state index contributed by atoms with van der Waals surface area (Å²) < 4.78 is 0. The number of nitrogens with two attached hydrogens (primary N) is 1. The summed E-state index contributed by atoms with van der Waals surface area (Å²) in [5.74, 6) is 0.600. The third kappa shape index (κ3) is 4.19. The Hall–Kier alpha value is -1.10.